The maximum absolute atomic E-state index is 9.81. The van der Waals surface area contributed by atoms with Crippen molar-refractivity contribution in [1.82, 2.24) is 0 Å². The van der Waals surface area contributed by atoms with Crippen LogP contribution in [0, 0.1) is 6.92 Å². The third-order valence-electron chi connectivity index (χ3n) is 3.17. The molecule has 0 amide bonds. The van der Waals surface area contributed by atoms with Gasteiger partial charge in [-0.3, -0.25) is 0 Å². The van der Waals surface area contributed by atoms with Gasteiger partial charge < -0.3 is 29.9 Å². The summed E-state index contributed by atoms with van der Waals surface area (Å²) in [7, 11) is 0. The van der Waals surface area contributed by atoms with Crippen LogP contribution in [0.25, 0.3) is 0 Å². The highest BCUT2D eigenvalue weighted by atomic mass is 16.7. The fraction of sp³-hybridized carbons (Fsp3) is 0.538. The number of hydrogen-bond donors (Lipinski definition) is 4. The first-order valence-corrected chi connectivity index (χ1v) is 6.06. The molecule has 0 radical (unpaired) electrons. The van der Waals surface area contributed by atoms with Crippen LogP contribution < -0.4 is 4.74 Å². The van der Waals surface area contributed by atoms with E-state index in [2.05, 4.69) is 0 Å². The molecule has 1 aliphatic rings. The van der Waals surface area contributed by atoms with Crippen LogP contribution in [-0.2, 0) is 4.74 Å². The standard InChI is InChI=1S/C13H18O6/c1-6-3-4-8(14)9(5-6)19-13-12(17)11(16)10(15)7(2)18-13/h3-5,7,10-17H,1-2H3/t7-,10-,11+,12+,13-/m1/s1. The molecule has 0 saturated carbocycles. The molecule has 1 heterocycles. The van der Waals surface area contributed by atoms with E-state index < -0.39 is 30.7 Å². The number of phenols is 1. The van der Waals surface area contributed by atoms with E-state index in [1.165, 1.54) is 6.07 Å². The predicted molar refractivity (Wildman–Crippen MR) is 65.8 cm³/mol. The van der Waals surface area contributed by atoms with Gasteiger partial charge in [-0.25, -0.2) is 0 Å². The van der Waals surface area contributed by atoms with Crippen LogP contribution in [0.1, 0.15) is 12.5 Å². The van der Waals surface area contributed by atoms with Gasteiger partial charge in [0.2, 0.25) is 6.29 Å². The number of ether oxygens (including phenoxy) is 2. The van der Waals surface area contributed by atoms with E-state index in [4.69, 9.17) is 9.47 Å². The van der Waals surface area contributed by atoms with Crippen molar-refractivity contribution in [2.45, 2.75) is 44.6 Å². The largest absolute Gasteiger partial charge is 0.504 e. The Hall–Kier alpha value is -1.34. The first-order chi connectivity index (χ1) is 8.90. The SMILES string of the molecule is Cc1ccc(O)c(O[C@H]2O[C@H](C)[C@@H](O)[C@H](O)[C@@H]2O)c1. The number of aliphatic hydroxyl groups excluding tert-OH is 3. The highest BCUT2D eigenvalue weighted by molar-refractivity contribution is 5.41. The average Bonchev–Trinajstić information content (AvgIpc) is 2.37. The topological polar surface area (TPSA) is 99.4 Å². The number of aryl methyl sites for hydroxylation is 1. The van der Waals surface area contributed by atoms with Gasteiger partial charge in [0.1, 0.15) is 18.3 Å². The maximum atomic E-state index is 9.81. The number of aromatic hydroxyl groups is 1. The van der Waals surface area contributed by atoms with Crippen LogP contribution in [0.2, 0.25) is 0 Å². The fourth-order valence-corrected chi connectivity index (χ4v) is 1.95. The van der Waals surface area contributed by atoms with Crippen LogP contribution in [0.3, 0.4) is 0 Å². The molecule has 6 heteroatoms. The van der Waals surface area contributed by atoms with Gasteiger partial charge in [0.25, 0.3) is 0 Å². The number of aliphatic hydroxyl groups is 3. The Morgan fingerprint density at radius 2 is 1.79 bits per heavy atom. The van der Waals surface area contributed by atoms with Crippen molar-refractivity contribution in [1.29, 1.82) is 0 Å². The predicted octanol–water partition coefficient (Wildman–Crippen LogP) is -0.0931. The molecule has 1 aromatic carbocycles. The summed E-state index contributed by atoms with van der Waals surface area (Å²) in [6.45, 7) is 3.39. The van der Waals surface area contributed by atoms with Crippen LogP contribution in [0.5, 0.6) is 11.5 Å². The number of hydrogen-bond acceptors (Lipinski definition) is 6. The minimum atomic E-state index is -1.40. The zero-order valence-corrected chi connectivity index (χ0v) is 10.7. The smallest absolute Gasteiger partial charge is 0.229 e. The van der Waals surface area contributed by atoms with E-state index in [0.29, 0.717) is 0 Å². The van der Waals surface area contributed by atoms with Crippen molar-refractivity contribution < 1.29 is 29.9 Å². The van der Waals surface area contributed by atoms with Gasteiger partial charge in [0.05, 0.1) is 6.10 Å². The van der Waals surface area contributed by atoms with Crippen LogP contribution in [0.15, 0.2) is 18.2 Å². The zero-order valence-electron chi connectivity index (χ0n) is 10.7. The molecule has 0 aliphatic carbocycles. The minimum Gasteiger partial charge on any atom is -0.504 e. The molecule has 0 spiro atoms. The summed E-state index contributed by atoms with van der Waals surface area (Å²) in [5, 5.41) is 38.7. The van der Waals surface area contributed by atoms with Crippen LogP contribution >= 0.6 is 0 Å². The molecular weight excluding hydrogens is 252 g/mol. The number of benzene rings is 1. The van der Waals surface area contributed by atoms with Crippen molar-refractivity contribution >= 4 is 0 Å². The Balaban J connectivity index is 2.16. The quantitative estimate of drug-likeness (QED) is 0.599. The molecular formula is C13H18O6. The van der Waals surface area contributed by atoms with E-state index in [-0.39, 0.29) is 11.5 Å². The normalized spacial score (nSPS) is 35.1. The van der Waals surface area contributed by atoms with Gasteiger partial charge in [-0.2, -0.15) is 0 Å². The van der Waals surface area contributed by atoms with Crippen LogP contribution in [0.4, 0.5) is 0 Å². The maximum Gasteiger partial charge on any atom is 0.229 e. The van der Waals surface area contributed by atoms with Gasteiger partial charge in [-0.15, -0.1) is 0 Å². The van der Waals surface area contributed by atoms with E-state index in [0.717, 1.165) is 5.56 Å². The van der Waals surface area contributed by atoms with Gasteiger partial charge in [-0.1, -0.05) is 6.07 Å². The van der Waals surface area contributed by atoms with Gasteiger partial charge in [0.15, 0.2) is 11.5 Å². The monoisotopic (exact) mass is 270 g/mol. The molecule has 5 atom stereocenters. The molecule has 0 unspecified atom stereocenters. The van der Waals surface area contributed by atoms with E-state index in [1.807, 2.05) is 6.92 Å². The second kappa shape index (κ2) is 5.34. The lowest BCUT2D eigenvalue weighted by Gasteiger charge is -2.38. The first kappa shape index (κ1) is 14.1. The highest BCUT2D eigenvalue weighted by Gasteiger charge is 2.43. The van der Waals surface area contributed by atoms with Crippen molar-refractivity contribution in [3.05, 3.63) is 23.8 Å². The highest BCUT2D eigenvalue weighted by Crippen LogP contribution is 2.30. The Kier molecular flexibility index (Phi) is 3.96. The number of rotatable bonds is 2. The summed E-state index contributed by atoms with van der Waals surface area (Å²) >= 11 is 0. The van der Waals surface area contributed by atoms with Gasteiger partial charge >= 0.3 is 0 Å². The van der Waals surface area contributed by atoms with Crippen molar-refractivity contribution in [2.24, 2.45) is 0 Å². The Bertz CT molecular complexity index is 449. The molecule has 1 saturated heterocycles. The second-order valence-electron chi connectivity index (χ2n) is 4.77. The Morgan fingerprint density at radius 1 is 1.11 bits per heavy atom. The molecule has 2 rings (SSSR count). The first-order valence-electron chi connectivity index (χ1n) is 6.06. The molecule has 4 N–H and O–H groups in total. The summed E-state index contributed by atoms with van der Waals surface area (Å²) in [5.74, 6) is 0.0644. The van der Waals surface area contributed by atoms with Crippen molar-refractivity contribution in [3.8, 4) is 11.5 Å². The summed E-state index contributed by atoms with van der Waals surface area (Å²) in [5.41, 5.74) is 0.867. The van der Waals surface area contributed by atoms with E-state index in [9.17, 15) is 20.4 Å². The van der Waals surface area contributed by atoms with E-state index in [1.54, 1.807) is 19.1 Å². The summed E-state index contributed by atoms with van der Waals surface area (Å²) in [6.07, 6.45) is -5.77. The summed E-state index contributed by atoms with van der Waals surface area (Å²) in [4.78, 5) is 0. The van der Waals surface area contributed by atoms with E-state index >= 15 is 0 Å². The van der Waals surface area contributed by atoms with Crippen LogP contribution in [-0.4, -0.2) is 51.1 Å². The Morgan fingerprint density at radius 3 is 2.47 bits per heavy atom. The summed E-state index contributed by atoms with van der Waals surface area (Å²) < 4.78 is 10.7. The number of phenolic OH excluding ortho intramolecular Hbond substituents is 1. The molecule has 1 fully saturated rings. The van der Waals surface area contributed by atoms with Crippen molar-refractivity contribution in [2.75, 3.05) is 0 Å². The third kappa shape index (κ3) is 2.82. The minimum absolute atomic E-state index is 0.0883. The molecule has 6 nitrogen and oxygen atoms in total. The molecule has 1 aliphatic heterocycles. The fourth-order valence-electron chi connectivity index (χ4n) is 1.95. The molecule has 106 valence electrons. The molecule has 0 bridgehead atoms. The van der Waals surface area contributed by atoms with Crippen molar-refractivity contribution in [3.63, 3.8) is 0 Å². The lowest BCUT2D eigenvalue weighted by atomic mass is 10.00. The third-order valence-corrected chi connectivity index (χ3v) is 3.17. The molecule has 1 aromatic rings. The van der Waals surface area contributed by atoms with Gasteiger partial charge in [-0.05, 0) is 31.5 Å². The zero-order chi connectivity index (χ0) is 14.2. The second-order valence-corrected chi connectivity index (χ2v) is 4.77. The molecule has 19 heavy (non-hydrogen) atoms. The summed E-state index contributed by atoms with van der Waals surface area (Å²) in [6, 6.07) is 4.77. The lowest BCUT2D eigenvalue weighted by Crippen LogP contribution is -2.58. The van der Waals surface area contributed by atoms with Gasteiger partial charge in [0, 0.05) is 0 Å². The lowest BCUT2D eigenvalue weighted by molar-refractivity contribution is -0.268. The molecule has 0 aromatic heterocycles. The Labute approximate surface area is 110 Å². The average molecular weight is 270 g/mol.